The van der Waals surface area contributed by atoms with Gasteiger partial charge in [-0.15, -0.1) is 0 Å². The maximum absolute atomic E-state index is 12.6. The van der Waals surface area contributed by atoms with E-state index in [1.165, 1.54) is 0 Å². The van der Waals surface area contributed by atoms with Crippen LogP contribution < -0.4 is 0 Å². The number of amides is 1. The van der Waals surface area contributed by atoms with Crippen LogP contribution in [0.2, 0.25) is 5.15 Å². The van der Waals surface area contributed by atoms with Crippen LogP contribution in [-0.4, -0.2) is 51.4 Å². The van der Waals surface area contributed by atoms with Gasteiger partial charge in [0.25, 0.3) is 5.91 Å². The molecule has 1 aliphatic rings. The lowest BCUT2D eigenvalue weighted by Gasteiger charge is -2.21. The van der Waals surface area contributed by atoms with E-state index in [4.69, 9.17) is 16.0 Å². The minimum absolute atomic E-state index is 0.0538. The molecule has 0 saturated carbocycles. The Labute approximate surface area is 140 Å². The molecule has 2 aromatic rings. The molecule has 6 nitrogen and oxygen atoms in total. The van der Waals surface area contributed by atoms with Gasteiger partial charge in [-0.05, 0) is 19.4 Å². The van der Waals surface area contributed by atoms with E-state index in [1.54, 1.807) is 18.5 Å². The quantitative estimate of drug-likeness (QED) is 0.863. The van der Waals surface area contributed by atoms with Crippen molar-refractivity contribution in [1.29, 1.82) is 0 Å². The molecule has 1 fully saturated rings. The molecule has 23 heavy (non-hydrogen) atoms. The number of imidazole rings is 1. The van der Waals surface area contributed by atoms with E-state index in [-0.39, 0.29) is 5.91 Å². The molecule has 0 atom stereocenters. The third kappa shape index (κ3) is 3.43. The zero-order valence-electron chi connectivity index (χ0n) is 13.5. The van der Waals surface area contributed by atoms with Gasteiger partial charge < -0.3 is 13.9 Å². The van der Waals surface area contributed by atoms with Gasteiger partial charge in [0.05, 0.1) is 24.6 Å². The monoisotopic (exact) mass is 336 g/mol. The standard InChI is InChI=1S/C16H21ClN4O2/c1-12-13(4-9-23-12)16(22)21-6-3-5-20(7-8-21)11-15-18-10-14(17)19(15)2/h4,9-10H,3,5-8,11H2,1-2H3. The topological polar surface area (TPSA) is 54.5 Å². The Morgan fingerprint density at radius 2 is 2.17 bits per heavy atom. The number of hydrogen-bond acceptors (Lipinski definition) is 4. The van der Waals surface area contributed by atoms with Crippen molar-refractivity contribution in [2.24, 2.45) is 7.05 Å². The summed E-state index contributed by atoms with van der Waals surface area (Å²) in [6, 6.07) is 1.75. The first-order valence-corrected chi connectivity index (χ1v) is 8.16. The van der Waals surface area contributed by atoms with Gasteiger partial charge in [0, 0.05) is 33.2 Å². The summed E-state index contributed by atoms with van der Waals surface area (Å²) in [5, 5.41) is 0.641. The van der Waals surface area contributed by atoms with Crippen molar-refractivity contribution >= 4 is 17.5 Å². The lowest BCUT2D eigenvalue weighted by atomic mass is 10.2. The summed E-state index contributed by atoms with van der Waals surface area (Å²) in [6.45, 7) is 5.81. The average molecular weight is 337 g/mol. The largest absolute Gasteiger partial charge is 0.469 e. The molecule has 2 aromatic heterocycles. The van der Waals surface area contributed by atoms with E-state index in [2.05, 4.69) is 9.88 Å². The first-order chi connectivity index (χ1) is 11.1. The van der Waals surface area contributed by atoms with Crippen LogP contribution in [-0.2, 0) is 13.6 Å². The first kappa shape index (κ1) is 16.1. The van der Waals surface area contributed by atoms with Crippen molar-refractivity contribution in [3.8, 4) is 0 Å². The number of carbonyl (C=O) groups is 1. The van der Waals surface area contributed by atoms with Gasteiger partial charge in [0.1, 0.15) is 16.7 Å². The molecule has 1 aliphatic heterocycles. The van der Waals surface area contributed by atoms with Crippen molar-refractivity contribution in [3.05, 3.63) is 40.8 Å². The molecule has 0 radical (unpaired) electrons. The van der Waals surface area contributed by atoms with Crippen molar-refractivity contribution < 1.29 is 9.21 Å². The van der Waals surface area contributed by atoms with Crippen molar-refractivity contribution in [3.63, 3.8) is 0 Å². The second kappa shape index (κ2) is 6.76. The predicted molar refractivity (Wildman–Crippen MR) is 87.5 cm³/mol. The Morgan fingerprint density at radius 3 is 2.83 bits per heavy atom. The van der Waals surface area contributed by atoms with Crippen molar-refractivity contribution in [1.82, 2.24) is 19.4 Å². The Kier molecular flexibility index (Phi) is 4.73. The minimum atomic E-state index is 0.0538. The molecule has 1 saturated heterocycles. The molecular formula is C16H21ClN4O2. The average Bonchev–Trinajstić information content (AvgIpc) is 3.00. The molecule has 3 heterocycles. The van der Waals surface area contributed by atoms with Crippen LogP contribution in [0.4, 0.5) is 0 Å². The van der Waals surface area contributed by atoms with Crippen LogP contribution in [0, 0.1) is 6.92 Å². The van der Waals surface area contributed by atoms with Gasteiger partial charge in [-0.2, -0.15) is 0 Å². The molecule has 0 unspecified atom stereocenters. The molecule has 1 amide bonds. The number of carbonyl (C=O) groups excluding carboxylic acids is 1. The second-order valence-corrected chi connectivity index (χ2v) is 6.26. The Bertz CT molecular complexity index is 694. The molecule has 124 valence electrons. The van der Waals surface area contributed by atoms with Crippen LogP contribution in [0.1, 0.15) is 28.4 Å². The predicted octanol–water partition coefficient (Wildman–Crippen LogP) is 2.32. The molecular weight excluding hydrogens is 316 g/mol. The van der Waals surface area contributed by atoms with Gasteiger partial charge in [0.2, 0.25) is 0 Å². The third-order valence-electron chi connectivity index (χ3n) is 4.36. The highest BCUT2D eigenvalue weighted by Gasteiger charge is 2.23. The van der Waals surface area contributed by atoms with E-state index in [1.807, 2.05) is 23.4 Å². The molecule has 0 bridgehead atoms. The van der Waals surface area contributed by atoms with Crippen molar-refractivity contribution in [2.45, 2.75) is 19.9 Å². The van der Waals surface area contributed by atoms with E-state index >= 15 is 0 Å². The van der Waals surface area contributed by atoms with E-state index < -0.39 is 0 Å². The van der Waals surface area contributed by atoms with Crippen LogP contribution in [0.15, 0.2) is 22.9 Å². The molecule has 0 N–H and O–H groups in total. The van der Waals surface area contributed by atoms with E-state index in [0.29, 0.717) is 23.0 Å². The number of halogens is 1. The lowest BCUT2D eigenvalue weighted by molar-refractivity contribution is 0.0759. The summed E-state index contributed by atoms with van der Waals surface area (Å²) in [5.74, 6) is 1.68. The third-order valence-corrected chi connectivity index (χ3v) is 4.71. The summed E-state index contributed by atoms with van der Waals surface area (Å²) in [7, 11) is 1.92. The zero-order chi connectivity index (χ0) is 16.4. The summed E-state index contributed by atoms with van der Waals surface area (Å²) in [4.78, 5) is 21.1. The summed E-state index contributed by atoms with van der Waals surface area (Å²) in [5.41, 5.74) is 0.661. The highest BCUT2D eigenvalue weighted by Crippen LogP contribution is 2.16. The molecule has 0 aliphatic carbocycles. The van der Waals surface area contributed by atoms with Crippen LogP contribution >= 0.6 is 11.6 Å². The fourth-order valence-electron chi connectivity index (χ4n) is 2.88. The van der Waals surface area contributed by atoms with Crippen LogP contribution in [0.5, 0.6) is 0 Å². The normalized spacial score (nSPS) is 16.6. The van der Waals surface area contributed by atoms with E-state index in [9.17, 15) is 4.79 Å². The number of furan rings is 1. The maximum atomic E-state index is 12.6. The number of aromatic nitrogens is 2. The Morgan fingerprint density at radius 1 is 1.35 bits per heavy atom. The smallest absolute Gasteiger partial charge is 0.257 e. The summed E-state index contributed by atoms with van der Waals surface area (Å²) in [6.07, 6.45) is 4.19. The van der Waals surface area contributed by atoms with E-state index in [0.717, 1.165) is 38.4 Å². The fourth-order valence-corrected chi connectivity index (χ4v) is 3.03. The van der Waals surface area contributed by atoms with Gasteiger partial charge in [0.15, 0.2) is 0 Å². The fraction of sp³-hybridized carbons (Fsp3) is 0.500. The molecule has 0 aromatic carbocycles. The molecule has 0 spiro atoms. The van der Waals surface area contributed by atoms with Gasteiger partial charge in [-0.1, -0.05) is 11.6 Å². The Hall–Kier alpha value is -1.79. The number of hydrogen-bond donors (Lipinski definition) is 0. The second-order valence-electron chi connectivity index (χ2n) is 5.87. The van der Waals surface area contributed by atoms with Gasteiger partial charge in [-0.3, -0.25) is 9.69 Å². The number of nitrogens with zero attached hydrogens (tertiary/aromatic N) is 4. The summed E-state index contributed by atoms with van der Waals surface area (Å²) < 4.78 is 7.13. The molecule has 7 heteroatoms. The van der Waals surface area contributed by atoms with Crippen molar-refractivity contribution in [2.75, 3.05) is 26.2 Å². The summed E-state index contributed by atoms with van der Waals surface area (Å²) >= 11 is 6.04. The lowest BCUT2D eigenvalue weighted by Crippen LogP contribution is -2.35. The van der Waals surface area contributed by atoms with Gasteiger partial charge in [-0.25, -0.2) is 4.98 Å². The molecule has 3 rings (SSSR count). The highest BCUT2D eigenvalue weighted by atomic mass is 35.5. The number of rotatable bonds is 3. The number of aryl methyl sites for hydroxylation is 1. The highest BCUT2D eigenvalue weighted by molar-refractivity contribution is 6.29. The van der Waals surface area contributed by atoms with Gasteiger partial charge >= 0.3 is 0 Å². The SMILES string of the molecule is Cc1occc1C(=O)N1CCCN(Cc2ncc(Cl)n2C)CC1. The maximum Gasteiger partial charge on any atom is 0.257 e. The van der Waals surface area contributed by atoms with Crippen LogP contribution in [0.25, 0.3) is 0 Å². The first-order valence-electron chi connectivity index (χ1n) is 7.78. The zero-order valence-corrected chi connectivity index (χ0v) is 14.2. The van der Waals surface area contributed by atoms with Crippen LogP contribution in [0.3, 0.4) is 0 Å². The Balaban J connectivity index is 1.62. The minimum Gasteiger partial charge on any atom is -0.469 e.